The first-order chi connectivity index (χ1) is 14.9. The molecule has 0 radical (unpaired) electrons. The third-order valence-electron chi connectivity index (χ3n) is 6.52. The van der Waals surface area contributed by atoms with Crippen LogP contribution in [-0.4, -0.2) is 82.5 Å². The van der Waals surface area contributed by atoms with E-state index < -0.39 is 11.3 Å². The molecule has 0 spiro atoms. The number of imide groups is 1. The number of hydrogen-bond donors (Lipinski definition) is 2. The summed E-state index contributed by atoms with van der Waals surface area (Å²) in [5.74, 6) is -0.712. The molecule has 2 N–H and O–H groups in total. The van der Waals surface area contributed by atoms with Gasteiger partial charge in [-0.05, 0) is 18.6 Å². The Labute approximate surface area is 179 Å². The fourth-order valence-corrected chi connectivity index (χ4v) is 5.01. The largest absolute Gasteiger partial charge is 0.385 e. The number of amides is 2. The molecule has 10 heteroatoms. The predicted molar refractivity (Wildman–Crippen MR) is 116 cm³/mol. The SMILES string of the molecule is Cn1c(=O)n(N2C(=O)CCCC2=O)c2cccc(N3CC(O)(CN4CCNCC4)C3)c21. The molecule has 3 aliphatic heterocycles. The van der Waals surface area contributed by atoms with Gasteiger partial charge in [0.2, 0.25) is 11.8 Å². The molecule has 3 saturated heterocycles. The number of nitrogens with zero attached hydrogens (tertiary/aromatic N) is 5. The molecule has 3 fully saturated rings. The Bertz CT molecular complexity index is 1080. The van der Waals surface area contributed by atoms with Crippen LogP contribution < -0.4 is 20.9 Å². The highest BCUT2D eigenvalue weighted by atomic mass is 16.3. The second kappa shape index (κ2) is 7.47. The Balaban J connectivity index is 1.46. The van der Waals surface area contributed by atoms with Crippen molar-refractivity contribution in [3.63, 3.8) is 0 Å². The number of benzene rings is 1. The fourth-order valence-electron chi connectivity index (χ4n) is 5.01. The van der Waals surface area contributed by atoms with Crippen LogP contribution in [0.5, 0.6) is 0 Å². The van der Waals surface area contributed by atoms with Crippen LogP contribution in [0.1, 0.15) is 19.3 Å². The first-order valence-corrected chi connectivity index (χ1v) is 10.8. The van der Waals surface area contributed by atoms with Crippen LogP contribution in [0.15, 0.2) is 23.0 Å². The third kappa shape index (κ3) is 3.35. The minimum absolute atomic E-state index is 0.249. The topological polar surface area (TPSA) is 103 Å². The molecule has 3 aliphatic rings. The number of para-hydroxylation sites is 1. The van der Waals surface area contributed by atoms with Gasteiger partial charge in [-0.1, -0.05) is 6.07 Å². The van der Waals surface area contributed by atoms with E-state index in [0.29, 0.717) is 37.1 Å². The predicted octanol–water partition coefficient (Wildman–Crippen LogP) is -1.03. The maximum atomic E-state index is 13.0. The molecule has 2 aromatic rings. The molecule has 0 saturated carbocycles. The first kappa shape index (κ1) is 20.2. The van der Waals surface area contributed by atoms with E-state index in [9.17, 15) is 19.5 Å². The van der Waals surface area contributed by atoms with Crippen LogP contribution >= 0.6 is 0 Å². The lowest BCUT2D eigenvalue weighted by Crippen LogP contribution is -2.67. The summed E-state index contributed by atoms with van der Waals surface area (Å²) in [6.07, 6.45) is 1.01. The highest BCUT2D eigenvalue weighted by molar-refractivity contribution is 6.11. The van der Waals surface area contributed by atoms with Gasteiger partial charge in [-0.25, -0.2) is 4.79 Å². The van der Waals surface area contributed by atoms with Crippen molar-refractivity contribution in [3.05, 3.63) is 28.7 Å². The summed E-state index contributed by atoms with van der Waals surface area (Å²) in [5.41, 5.74) is 0.772. The lowest BCUT2D eigenvalue weighted by molar-refractivity contribution is -0.131. The lowest BCUT2D eigenvalue weighted by atomic mass is 9.92. The van der Waals surface area contributed by atoms with E-state index in [4.69, 9.17) is 0 Å². The van der Waals surface area contributed by atoms with E-state index in [1.165, 1.54) is 9.24 Å². The van der Waals surface area contributed by atoms with Crippen LogP contribution in [0.25, 0.3) is 11.0 Å². The Morgan fingerprint density at radius 3 is 2.42 bits per heavy atom. The van der Waals surface area contributed by atoms with Crippen molar-refractivity contribution in [3.8, 4) is 0 Å². The molecule has 0 aliphatic carbocycles. The van der Waals surface area contributed by atoms with Crippen molar-refractivity contribution in [1.29, 1.82) is 0 Å². The van der Waals surface area contributed by atoms with Crippen LogP contribution in [0.2, 0.25) is 0 Å². The maximum absolute atomic E-state index is 13.0. The summed E-state index contributed by atoms with van der Waals surface area (Å²) < 4.78 is 2.68. The van der Waals surface area contributed by atoms with Crippen molar-refractivity contribution in [2.45, 2.75) is 24.9 Å². The van der Waals surface area contributed by atoms with Crippen LogP contribution in [0, 0.1) is 0 Å². The smallest absolute Gasteiger partial charge is 0.348 e. The maximum Gasteiger partial charge on any atom is 0.348 e. The number of anilines is 1. The Hall–Kier alpha value is -2.69. The van der Waals surface area contributed by atoms with Gasteiger partial charge in [0.15, 0.2) is 0 Å². The summed E-state index contributed by atoms with van der Waals surface area (Å²) >= 11 is 0. The number of hydrogen-bond acceptors (Lipinski definition) is 7. The zero-order valence-electron chi connectivity index (χ0n) is 17.7. The van der Waals surface area contributed by atoms with E-state index in [2.05, 4.69) is 10.2 Å². The van der Waals surface area contributed by atoms with Gasteiger partial charge in [0.05, 0.1) is 16.7 Å². The molecule has 1 aromatic heterocycles. The van der Waals surface area contributed by atoms with E-state index in [-0.39, 0.29) is 24.7 Å². The molecule has 166 valence electrons. The van der Waals surface area contributed by atoms with Crippen molar-refractivity contribution in [2.24, 2.45) is 7.05 Å². The number of imidazole rings is 1. The molecule has 0 unspecified atom stereocenters. The van der Waals surface area contributed by atoms with Gasteiger partial charge >= 0.3 is 5.69 Å². The van der Waals surface area contributed by atoms with E-state index in [0.717, 1.165) is 36.9 Å². The number of β-amino-alcohol motifs (C(OH)–C–C–N with tert-alkyl or cyclic N) is 1. The lowest BCUT2D eigenvalue weighted by Gasteiger charge is -2.50. The number of nitrogens with one attached hydrogen (secondary N) is 1. The number of fused-ring (bicyclic) bond motifs is 1. The number of rotatable bonds is 4. The summed E-state index contributed by atoms with van der Waals surface area (Å²) in [7, 11) is 1.65. The number of piperazine rings is 1. The molecule has 0 bridgehead atoms. The summed E-state index contributed by atoms with van der Waals surface area (Å²) in [6, 6.07) is 5.48. The highest BCUT2D eigenvalue weighted by Crippen LogP contribution is 2.34. The van der Waals surface area contributed by atoms with Gasteiger partial charge < -0.3 is 15.3 Å². The van der Waals surface area contributed by atoms with Gasteiger partial charge in [-0.2, -0.15) is 9.69 Å². The standard InChI is InChI=1S/C21H28N6O4/c1-23-19-15(25-13-21(31,14-25)12-24-10-8-22-9-11-24)4-2-5-16(19)26(20(23)30)27-17(28)6-3-7-18(27)29/h2,4-5,22,31H,3,6-14H2,1H3. The van der Waals surface area contributed by atoms with E-state index >= 15 is 0 Å². The highest BCUT2D eigenvalue weighted by Gasteiger charge is 2.43. The zero-order chi connectivity index (χ0) is 21.8. The molecule has 2 amide bonds. The fraction of sp³-hybridized carbons (Fsp3) is 0.571. The Morgan fingerprint density at radius 2 is 1.74 bits per heavy atom. The Morgan fingerprint density at radius 1 is 1.06 bits per heavy atom. The number of carbonyl (C=O) groups excluding carboxylic acids is 2. The molecule has 1 aromatic carbocycles. The number of carbonyl (C=O) groups is 2. The first-order valence-electron chi connectivity index (χ1n) is 10.8. The van der Waals surface area contributed by atoms with Crippen molar-refractivity contribution < 1.29 is 14.7 Å². The number of aryl methyl sites for hydroxylation is 1. The molecule has 10 nitrogen and oxygen atoms in total. The second-order valence-corrected chi connectivity index (χ2v) is 8.86. The van der Waals surface area contributed by atoms with E-state index in [1.807, 2.05) is 17.0 Å². The molecular weight excluding hydrogens is 400 g/mol. The molecule has 0 atom stereocenters. The minimum atomic E-state index is -0.792. The van der Waals surface area contributed by atoms with Crippen molar-refractivity contribution >= 4 is 28.5 Å². The third-order valence-corrected chi connectivity index (χ3v) is 6.52. The van der Waals surface area contributed by atoms with Gasteiger partial charge in [-0.15, -0.1) is 0 Å². The van der Waals surface area contributed by atoms with Crippen LogP contribution in [-0.2, 0) is 16.6 Å². The van der Waals surface area contributed by atoms with Gasteiger partial charge in [0, 0.05) is 65.7 Å². The van der Waals surface area contributed by atoms with Crippen LogP contribution in [0.4, 0.5) is 5.69 Å². The minimum Gasteiger partial charge on any atom is -0.385 e. The summed E-state index contributed by atoms with van der Waals surface area (Å²) in [4.78, 5) is 42.3. The normalized spacial score (nSPS) is 22.3. The number of aromatic nitrogens is 2. The average molecular weight is 428 g/mol. The van der Waals surface area contributed by atoms with Crippen molar-refractivity contribution in [1.82, 2.24) is 19.5 Å². The quantitative estimate of drug-likeness (QED) is 0.601. The Kier molecular flexibility index (Phi) is 4.87. The molecule has 4 heterocycles. The van der Waals surface area contributed by atoms with Crippen LogP contribution in [0.3, 0.4) is 0 Å². The zero-order valence-corrected chi connectivity index (χ0v) is 17.7. The van der Waals surface area contributed by atoms with Gasteiger partial charge in [0.25, 0.3) is 0 Å². The summed E-state index contributed by atoms with van der Waals surface area (Å²) in [6.45, 7) is 5.28. The van der Waals surface area contributed by atoms with Gasteiger partial charge in [0.1, 0.15) is 5.60 Å². The van der Waals surface area contributed by atoms with Crippen molar-refractivity contribution in [2.75, 3.05) is 55.7 Å². The summed E-state index contributed by atoms with van der Waals surface area (Å²) in [5, 5.41) is 15.3. The monoisotopic (exact) mass is 428 g/mol. The van der Waals surface area contributed by atoms with Gasteiger partial charge in [-0.3, -0.25) is 19.1 Å². The molecular formula is C21H28N6O4. The molecule has 5 rings (SSSR count). The number of aliphatic hydroxyl groups is 1. The number of piperidine rings is 1. The molecule has 31 heavy (non-hydrogen) atoms. The second-order valence-electron chi connectivity index (χ2n) is 8.86. The van der Waals surface area contributed by atoms with E-state index in [1.54, 1.807) is 13.1 Å². The average Bonchev–Trinajstić information content (AvgIpc) is 2.98.